The van der Waals surface area contributed by atoms with Gasteiger partial charge in [-0.15, -0.1) is 0 Å². The van der Waals surface area contributed by atoms with Gasteiger partial charge in [-0.2, -0.15) is 0 Å². The van der Waals surface area contributed by atoms with Crippen LogP contribution in [0.3, 0.4) is 0 Å². The molecule has 1 aliphatic rings. The van der Waals surface area contributed by atoms with Crippen LogP contribution >= 0.6 is 0 Å². The normalized spacial score (nSPS) is 16.4. The summed E-state index contributed by atoms with van der Waals surface area (Å²) in [5, 5.41) is 13.3. The van der Waals surface area contributed by atoms with Crippen molar-refractivity contribution in [3.05, 3.63) is 124 Å². The SMILES string of the molecule is CCc1cc(C)cc(C2C=C(c3ccc(C)cc3)c3ccccc3N2)c1/C=C/COC(C)/C=C(/C)O. The lowest BCUT2D eigenvalue weighted by Crippen LogP contribution is -2.17. The Balaban J connectivity index is 1.74. The van der Waals surface area contributed by atoms with Gasteiger partial charge in [0.2, 0.25) is 0 Å². The van der Waals surface area contributed by atoms with Crippen LogP contribution in [0.4, 0.5) is 5.69 Å². The van der Waals surface area contributed by atoms with E-state index in [1.807, 2.05) is 6.92 Å². The summed E-state index contributed by atoms with van der Waals surface area (Å²) in [6, 6.07) is 22.0. The van der Waals surface area contributed by atoms with Crippen molar-refractivity contribution in [1.29, 1.82) is 0 Å². The molecule has 0 radical (unpaired) electrons. The van der Waals surface area contributed by atoms with Gasteiger partial charge in [0.25, 0.3) is 0 Å². The number of aryl methyl sites for hydroxylation is 3. The molecule has 186 valence electrons. The Labute approximate surface area is 215 Å². The maximum absolute atomic E-state index is 9.47. The summed E-state index contributed by atoms with van der Waals surface area (Å²) >= 11 is 0. The molecule has 3 aromatic rings. The van der Waals surface area contributed by atoms with E-state index in [1.165, 1.54) is 44.5 Å². The zero-order valence-electron chi connectivity index (χ0n) is 22.0. The third kappa shape index (κ3) is 5.98. The first kappa shape index (κ1) is 25.5. The standard InChI is InChI=1S/C33H37NO2/c1-6-26-18-23(3)19-31(28(26)11-9-17-36-25(5)20-24(4)35)33-21-30(27-15-13-22(2)14-16-27)29-10-7-8-12-32(29)34-33/h7-16,18-21,25,33-35H,6,17H2,1-5H3/b11-9+,24-20-. The summed E-state index contributed by atoms with van der Waals surface area (Å²) in [6.07, 6.45) is 9.16. The van der Waals surface area contributed by atoms with E-state index in [0.717, 1.165) is 12.1 Å². The van der Waals surface area contributed by atoms with Crippen molar-refractivity contribution in [2.45, 2.75) is 53.2 Å². The highest BCUT2D eigenvalue weighted by atomic mass is 16.5. The number of fused-ring (bicyclic) bond motifs is 1. The Morgan fingerprint density at radius 3 is 2.53 bits per heavy atom. The predicted octanol–water partition coefficient (Wildman–Crippen LogP) is 8.34. The topological polar surface area (TPSA) is 41.5 Å². The van der Waals surface area contributed by atoms with E-state index in [9.17, 15) is 5.11 Å². The van der Waals surface area contributed by atoms with Gasteiger partial charge in [-0.3, -0.25) is 0 Å². The lowest BCUT2D eigenvalue weighted by molar-refractivity contribution is 0.120. The molecule has 36 heavy (non-hydrogen) atoms. The Kier molecular flexibility index (Phi) is 8.12. The lowest BCUT2D eigenvalue weighted by Gasteiger charge is -2.29. The van der Waals surface area contributed by atoms with Crippen molar-refractivity contribution in [1.82, 2.24) is 0 Å². The van der Waals surface area contributed by atoms with Crippen LogP contribution in [0.2, 0.25) is 0 Å². The average molecular weight is 480 g/mol. The molecule has 0 amide bonds. The molecule has 0 aromatic heterocycles. The molecule has 1 heterocycles. The molecule has 0 spiro atoms. The molecular weight excluding hydrogens is 442 g/mol. The number of para-hydroxylation sites is 1. The molecule has 0 saturated heterocycles. The van der Waals surface area contributed by atoms with E-state index >= 15 is 0 Å². The highest BCUT2D eigenvalue weighted by Gasteiger charge is 2.23. The molecule has 0 aliphatic carbocycles. The van der Waals surface area contributed by atoms with Gasteiger partial charge in [-0.25, -0.2) is 0 Å². The van der Waals surface area contributed by atoms with Crippen LogP contribution in [-0.4, -0.2) is 17.8 Å². The Morgan fingerprint density at radius 1 is 1.06 bits per heavy atom. The zero-order valence-corrected chi connectivity index (χ0v) is 22.0. The van der Waals surface area contributed by atoms with Crippen LogP contribution in [0.1, 0.15) is 65.8 Å². The predicted molar refractivity (Wildman–Crippen MR) is 152 cm³/mol. The summed E-state index contributed by atoms with van der Waals surface area (Å²) in [7, 11) is 0. The van der Waals surface area contributed by atoms with Gasteiger partial charge in [0.15, 0.2) is 0 Å². The first-order valence-corrected chi connectivity index (χ1v) is 12.8. The first-order valence-electron chi connectivity index (χ1n) is 12.8. The van der Waals surface area contributed by atoms with Crippen LogP contribution in [0.25, 0.3) is 11.6 Å². The number of nitrogens with one attached hydrogen (secondary N) is 1. The minimum atomic E-state index is -0.140. The molecule has 2 unspecified atom stereocenters. The maximum Gasteiger partial charge on any atom is 0.0877 e. The minimum absolute atomic E-state index is 0.0425. The second-order valence-electron chi connectivity index (χ2n) is 9.64. The third-order valence-electron chi connectivity index (χ3n) is 6.60. The summed E-state index contributed by atoms with van der Waals surface area (Å²) in [5.41, 5.74) is 11.2. The fourth-order valence-corrected chi connectivity index (χ4v) is 4.88. The van der Waals surface area contributed by atoms with E-state index in [1.54, 1.807) is 13.0 Å². The number of anilines is 1. The number of rotatable bonds is 8. The summed E-state index contributed by atoms with van der Waals surface area (Å²) in [4.78, 5) is 0. The van der Waals surface area contributed by atoms with Crippen LogP contribution in [-0.2, 0) is 11.2 Å². The largest absolute Gasteiger partial charge is 0.513 e. The van der Waals surface area contributed by atoms with E-state index < -0.39 is 0 Å². The van der Waals surface area contributed by atoms with Crippen molar-refractivity contribution in [2.24, 2.45) is 0 Å². The van der Waals surface area contributed by atoms with Crippen LogP contribution in [0.15, 0.2) is 84.7 Å². The summed E-state index contributed by atoms with van der Waals surface area (Å²) in [5.74, 6) is 0.278. The van der Waals surface area contributed by atoms with Gasteiger partial charge in [-0.1, -0.05) is 84.8 Å². The van der Waals surface area contributed by atoms with Crippen molar-refractivity contribution in [3.63, 3.8) is 0 Å². The van der Waals surface area contributed by atoms with Gasteiger partial charge in [0.05, 0.1) is 24.5 Å². The van der Waals surface area contributed by atoms with Crippen molar-refractivity contribution in [2.75, 3.05) is 11.9 Å². The quantitative estimate of drug-likeness (QED) is 0.319. The minimum Gasteiger partial charge on any atom is -0.513 e. The molecule has 3 aromatic carbocycles. The van der Waals surface area contributed by atoms with Crippen LogP contribution < -0.4 is 5.32 Å². The number of aliphatic hydroxyl groups is 1. The zero-order chi connectivity index (χ0) is 25.7. The van der Waals surface area contributed by atoms with Gasteiger partial charge in [-0.05, 0) is 80.2 Å². The molecule has 0 saturated carbocycles. The van der Waals surface area contributed by atoms with Crippen LogP contribution in [0, 0.1) is 13.8 Å². The van der Waals surface area contributed by atoms with Crippen LogP contribution in [0.5, 0.6) is 0 Å². The molecule has 2 N–H and O–H groups in total. The highest BCUT2D eigenvalue weighted by Crippen LogP contribution is 2.40. The fraction of sp³-hybridized carbons (Fsp3) is 0.273. The molecule has 4 rings (SSSR count). The second kappa shape index (κ2) is 11.5. The highest BCUT2D eigenvalue weighted by molar-refractivity contribution is 5.89. The van der Waals surface area contributed by atoms with Gasteiger partial charge in [0.1, 0.15) is 0 Å². The van der Waals surface area contributed by atoms with Gasteiger partial charge < -0.3 is 15.2 Å². The molecule has 0 fully saturated rings. The van der Waals surface area contributed by atoms with Crippen molar-refractivity contribution >= 4 is 17.3 Å². The first-order chi connectivity index (χ1) is 17.4. The van der Waals surface area contributed by atoms with E-state index in [2.05, 4.69) is 105 Å². The Hall–Kier alpha value is -3.56. The Morgan fingerprint density at radius 2 is 1.81 bits per heavy atom. The monoisotopic (exact) mass is 479 g/mol. The maximum atomic E-state index is 9.47. The number of allylic oxidation sites excluding steroid dienone is 1. The van der Waals surface area contributed by atoms with Gasteiger partial charge in [0, 0.05) is 11.3 Å². The molecule has 0 bridgehead atoms. The summed E-state index contributed by atoms with van der Waals surface area (Å²) in [6.45, 7) is 10.6. The van der Waals surface area contributed by atoms with Crippen molar-refractivity contribution < 1.29 is 9.84 Å². The smallest absolute Gasteiger partial charge is 0.0877 e. The van der Waals surface area contributed by atoms with Crippen molar-refractivity contribution in [3.8, 4) is 0 Å². The second-order valence-corrected chi connectivity index (χ2v) is 9.64. The fourth-order valence-electron chi connectivity index (χ4n) is 4.88. The number of benzene rings is 3. The Bertz CT molecular complexity index is 1290. The average Bonchev–Trinajstić information content (AvgIpc) is 2.86. The lowest BCUT2D eigenvalue weighted by atomic mass is 9.85. The van der Waals surface area contributed by atoms with E-state index in [0.29, 0.717) is 6.61 Å². The molecule has 3 nitrogen and oxygen atoms in total. The van der Waals surface area contributed by atoms with Gasteiger partial charge >= 0.3 is 0 Å². The molecular formula is C33H37NO2. The van der Waals surface area contributed by atoms with E-state index in [-0.39, 0.29) is 17.9 Å². The number of hydrogen-bond donors (Lipinski definition) is 2. The molecule has 3 heteroatoms. The molecule has 2 atom stereocenters. The molecule has 1 aliphatic heterocycles. The van der Waals surface area contributed by atoms with E-state index in [4.69, 9.17) is 4.74 Å². The summed E-state index contributed by atoms with van der Waals surface area (Å²) < 4.78 is 5.84. The number of hydrogen-bond acceptors (Lipinski definition) is 3. The number of aliphatic hydroxyl groups excluding tert-OH is 1. The third-order valence-corrected chi connectivity index (χ3v) is 6.60. The number of ether oxygens (including phenoxy) is 1.